The average molecular weight is 391 g/mol. The molecular weight excluding hydrogens is 375 g/mol. The van der Waals surface area contributed by atoms with Crippen molar-refractivity contribution >= 4 is 45.7 Å². The van der Waals surface area contributed by atoms with Crippen LogP contribution in [0.2, 0.25) is 10.0 Å². The molecule has 0 fully saturated rings. The highest BCUT2D eigenvalue weighted by atomic mass is 35.5. The van der Waals surface area contributed by atoms with Gasteiger partial charge in [0.2, 0.25) is 0 Å². The number of nitrogens with zero attached hydrogens (tertiary/aromatic N) is 1. The molecule has 2 N–H and O–H groups in total. The van der Waals surface area contributed by atoms with Crippen molar-refractivity contribution < 1.29 is 14.6 Å². The number of aliphatic hydroxyl groups excluding tert-OH is 1. The predicted molar refractivity (Wildman–Crippen MR) is 103 cm³/mol. The number of rotatable bonds is 5. The summed E-state index contributed by atoms with van der Waals surface area (Å²) in [5.74, 6) is -0.429. The molecule has 5 nitrogen and oxygen atoms in total. The highest BCUT2D eigenvalue weighted by molar-refractivity contribution is 6.40. The third-order valence-corrected chi connectivity index (χ3v) is 4.62. The first-order chi connectivity index (χ1) is 12.6. The fraction of sp³-hybridized carbons (Fsp3) is 0.158. The lowest BCUT2D eigenvalue weighted by Gasteiger charge is -2.14. The fourth-order valence-electron chi connectivity index (χ4n) is 2.79. The van der Waals surface area contributed by atoms with Gasteiger partial charge in [-0.3, -0.25) is 9.78 Å². The van der Waals surface area contributed by atoms with Crippen LogP contribution in [-0.4, -0.2) is 23.1 Å². The minimum atomic E-state index is -0.429. The van der Waals surface area contributed by atoms with Crippen LogP contribution in [-0.2, 0) is 18.0 Å². The van der Waals surface area contributed by atoms with E-state index >= 15 is 0 Å². The summed E-state index contributed by atoms with van der Waals surface area (Å²) in [5, 5.41) is 13.8. The summed E-state index contributed by atoms with van der Waals surface area (Å²) in [5.41, 5.74) is 2.77. The lowest BCUT2D eigenvalue weighted by molar-refractivity contribution is 0.102. The molecule has 0 radical (unpaired) electrons. The quantitative estimate of drug-likeness (QED) is 0.675. The van der Waals surface area contributed by atoms with Gasteiger partial charge in [0.1, 0.15) is 0 Å². The molecule has 0 spiro atoms. The summed E-state index contributed by atoms with van der Waals surface area (Å²) in [4.78, 5) is 17.1. The second kappa shape index (κ2) is 8.01. The van der Waals surface area contributed by atoms with E-state index in [1.807, 2.05) is 6.07 Å². The summed E-state index contributed by atoms with van der Waals surface area (Å²) >= 11 is 12.2. The number of halogens is 2. The number of benzene rings is 2. The van der Waals surface area contributed by atoms with Gasteiger partial charge in [0.25, 0.3) is 5.91 Å². The van der Waals surface area contributed by atoms with Gasteiger partial charge in [0, 0.05) is 24.3 Å². The van der Waals surface area contributed by atoms with Crippen LogP contribution >= 0.6 is 23.2 Å². The van der Waals surface area contributed by atoms with Gasteiger partial charge in [-0.05, 0) is 23.8 Å². The number of hydrogen-bond acceptors (Lipinski definition) is 4. The number of pyridine rings is 1. The van der Waals surface area contributed by atoms with E-state index in [-0.39, 0.29) is 22.2 Å². The van der Waals surface area contributed by atoms with E-state index < -0.39 is 5.91 Å². The minimum absolute atomic E-state index is 0.161. The normalized spacial score (nSPS) is 10.9. The van der Waals surface area contributed by atoms with E-state index in [0.29, 0.717) is 23.4 Å². The smallest absolute Gasteiger partial charge is 0.258 e. The molecule has 0 unspecified atom stereocenters. The van der Waals surface area contributed by atoms with Crippen molar-refractivity contribution in [3.63, 3.8) is 0 Å². The number of nitrogens with one attached hydrogen (secondary N) is 1. The zero-order chi connectivity index (χ0) is 18.7. The van der Waals surface area contributed by atoms with Crippen LogP contribution in [0.1, 0.15) is 21.5 Å². The molecular formula is C19H16Cl2N2O3. The Kier molecular flexibility index (Phi) is 5.74. The lowest BCUT2D eigenvalue weighted by atomic mass is 10.0. The Morgan fingerprint density at radius 1 is 1.19 bits per heavy atom. The van der Waals surface area contributed by atoms with Crippen LogP contribution in [0, 0.1) is 0 Å². The molecule has 0 aliphatic rings. The largest absolute Gasteiger partial charge is 0.392 e. The summed E-state index contributed by atoms with van der Waals surface area (Å²) in [6, 6.07) is 10.2. The fourth-order valence-corrected chi connectivity index (χ4v) is 3.36. The molecule has 1 aromatic heterocycles. The van der Waals surface area contributed by atoms with Crippen molar-refractivity contribution in [3.05, 3.63) is 69.3 Å². The molecule has 0 atom stereocenters. The number of ether oxygens (including phenoxy) is 1. The number of hydrogen-bond donors (Lipinski definition) is 2. The van der Waals surface area contributed by atoms with Gasteiger partial charge in [0.05, 0.1) is 40.0 Å². The number of anilines is 1. The second-order valence-corrected chi connectivity index (χ2v) is 6.42. The van der Waals surface area contributed by atoms with Crippen molar-refractivity contribution in [3.8, 4) is 0 Å². The standard InChI is InChI=1S/C19H16Cl2N2O3/c1-26-10-11-8-22-18-12(13(11)9-24)4-2-7-16(18)23-19(25)17-14(20)5-3-6-15(17)21/h2-8,24H,9-10H2,1H3,(H,23,25). The number of aliphatic hydroxyl groups is 1. The van der Waals surface area contributed by atoms with Gasteiger partial charge in [-0.15, -0.1) is 0 Å². The highest BCUT2D eigenvalue weighted by Crippen LogP contribution is 2.29. The molecule has 0 saturated carbocycles. The zero-order valence-electron chi connectivity index (χ0n) is 13.9. The van der Waals surface area contributed by atoms with Crippen LogP contribution in [0.5, 0.6) is 0 Å². The van der Waals surface area contributed by atoms with Gasteiger partial charge >= 0.3 is 0 Å². The molecule has 1 amide bonds. The molecule has 134 valence electrons. The molecule has 26 heavy (non-hydrogen) atoms. The van der Waals surface area contributed by atoms with Crippen LogP contribution in [0.3, 0.4) is 0 Å². The van der Waals surface area contributed by atoms with Gasteiger partial charge in [-0.2, -0.15) is 0 Å². The summed E-state index contributed by atoms with van der Waals surface area (Å²) in [6.45, 7) is 0.177. The number of para-hydroxylation sites is 1. The maximum absolute atomic E-state index is 12.6. The lowest BCUT2D eigenvalue weighted by Crippen LogP contribution is -2.14. The monoisotopic (exact) mass is 390 g/mol. The molecule has 0 aliphatic carbocycles. The van der Waals surface area contributed by atoms with Crippen LogP contribution in [0.25, 0.3) is 10.9 Å². The average Bonchev–Trinajstić information content (AvgIpc) is 2.62. The van der Waals surface area contributed by atoms with Crippen molar-refractivity contribution in [2.75, 3.05) is 12.4 Å². The van der Waals surface area contributed by atoms with E-state index in [9.17, 15) is 9.90 Å². The molecule has 3 aromatic rings. The van der Waals surface area contributed by atoms with Crippen LogP contribution in [0.15, 0.2) is 42.6 Å². The summed E-state index contributed by atoms with van der Waals surface area (Å²) in [7, 11) is 1.58. The first-order valence-corrected chi connectivity index (χ1v) is 8.57. The Hall–Kier alpha value is -2.18. The molecule has 0 saturated heterocycles. The number of carbonyl (C=O) groups is 1. The Balaban J connectivity index is 2.05. The topological polar surface area (TPSA) is 71.5 Å². The van der Waals surface area contributed by atoms with Gasteiger partial charge in [-0.1, -0.05) is 41.4 Å². The minimum Gasteiger partial charge on any atom is -0.392 e. The third kappa shape index (κ3) is 3.52. The van der Waals surface area contributed by atoms with Crippen LogP contribution < -0.4 is 5.32 Å². The Bertz CT molecular complexity index is 956. The highest BCUT2D eigenvalue weighted by Gasteiger charge is 2.17. The Labute approximate surface area is 160 Å². The van der Waals surface area contributed by atoms with Crippen molar-refractivity contribution in [2.24, 2.45) is 0 Å². The molecule has 0 aliphatic heterocycles. The van der Waals surface area contributed by atoms with E-state index in [0.717, 1.165) is 10.9 Å². The summed E-state index contributed by atoms with van der Waals surface area (Å²) < 4.78 is 5.15. The summed E-state index contributed by atoms with van der Waals surface area (Å²) in [6.07, 6.45) is 1.63. The third-order valence-electron chi connectivity index (χ3n) is 3.99. The number of amides is 1. The Morgan fingerprint density at radius 2 is 1.88 bits per heavy atom. The second-order valence-electron chi connectivity index (χ2n) is 5.61. The molecule has 1 heterocycles. The maximum atomic E-state index is 12.6. The first-order valence-electron chi connectivity index (χ1n) is 7.81. The Morgan fingerprint density at radius 3 is 2.54 bits per heavy atom. The predicted octanol–water partition coefficient (Wildman–Crippen LogP) is 4.43. The van der Waals surface area contributed by atoms with Gasteiger partial charge in [0.15, 0.2) is 0 Å². The maximum Gasteiger partial charge on any atom is 0.258 e. The van der Waals surface area contributed by atoms with Gasteiger partial charge < -0.3 is 15.2 Å². The van der Waals surface area contributed by atoms with E-state index in [1.165, 1.54) is 0 Å². The number of aromatic nitrogens is 1. The molecule has 7 heteroatoms. The van der Waals surface area contributed by atoms with Crippen molar-refractivity contribution in [1.29, 1.82) is 0 Å². The SMILES string of the molecule is COCc1cnc2c(NC(=O)c3c(Cl)cccc3Cl)cccc2c1CO. The number of methoxy groups -OCH3 is 1. The first kappa shape index (κ1) is 18.6. The van der Waals surface area contributed by atoms with E-state index in [1.54, 1.807) is 43.6 Å². The van der Waals surface area contributed by atoms with Crippen molar-refractivity contribution in [2.45, 2.75) is 13.2 Å². The van der Waals surface area contributed by atoms with Gasteiger partial charge in [-0.25, -0.2) is 0 Å². The molecule has 0 bridgehead atoms. The zero-order valence-corrected chi connectivity index (χ0v) is 15.4. The molecule has 3 rings (SSSR count). The number of carbonyl (C=O) groups excluding carboxylic acids is 1. The molecule has 2 aromatic carbocycles. The number of fused-ring (bicyclic) bond motifs is 1. The van der Waals surface area contributed by atoms with E-state index in [2.05, 4.69) is 10.3 Å². The van der Waals surface area contributed by atoms with Crippen LogP contribution in [0.4, 0.5) is 5.69 Å². The van der Waals surface area contributed by atoms with Crippen molar-refractivity contribution in [1.82, 2.24) is 4.98 Å². The van der Waals surface area contributed by atoms with E-state index in [4.69, 9.17) is 27.9 Å².